The molecule has 33 heavy (non-hydrogen) atoms. The molecule has 0 radical (unpaired) electrons. The van der Waals surface area contributed by atoms with E-state index in [1.54, 1.807) is 0 Å². The van der Waals surface area contributed by atoms with E-state index >= 15 is 0 Å². The van der Waals surface area contributed by atoms with Crippen molar-refractivity contribution in [3.8, 4) is 5.75 Å². The predicted octanol–water partition coefficient (Wildman–Crippen LogP) is 3.35. The lowest BCUT2D eigenvalue weighted by Crippen LogP contribution is -2.26. The molecule has 4 rings (SSSR count). The molecular formula is C19H15F5N4O4S. The van der Waals surface area contributed by atoms with Gasteiger partial charge in [0, 0.05) is 6.20 Å². The van der Waals surface area contributed by atoms with Gasteiger partial charge >= 0.3 is 6.18 Å². The fourth-order valence-electron chi connectivity index (χ4n) is 3.33. The molecule has 0 atom stereocenters. The van der Waals surface area contributed by atoms with Crippen LogP contribution in [-0.4, -0.2) is 47.5 Å². The lowest BCUT2D eigenvalue weighted by atomic mass is 10.1. The molecule has 0 saturated carbocycles. The van der Waals surface area contributed by atoms with E-state index in [4.69, 9.17) is 4.74 Å². The number of amides is 1. The van der Waals surface area contributed by atoms with Gasteiger partial charge in [0.1, 0.15) is 18.0 Å². The van der Waals surface area contributed by atoms with Gasteiger partial charge in [0.05, 0.1) is 35.3 Å². The minimum absolute atomic E-state index is 0.0332. The number of rotatable bonds is 6. The maximum atomic E-state index is 13.0. The molecule has 0 N–H and O–H groups in total. The van der Waals surface area contributed by atoms with Gasteiger partial charge in [0.15, 0.2) is 20.7 Å². The molecule has 1 aliphatic rings. The number of sulfone groups is 1. The fraction of sp³-hybridized carbons (Fsp3) is 0.316. The normalized spacial score (nSPS) is 14.4. The Labute approximate surface area is 183 Å². The summed E-state index contributed by atoms with van der Waals surface area (Å²) < 4.78 is 95.8. The molecule has 4 heterocycles. The highest BCUT2D eigenvalue weighted by atomic mass is 32.2. The van der Waals surface area contributed by atoms with Crippen molar-refractivity contribution in [1.29, 1.82) is 0 Å². The van der Waals surface area contributed by atoms with E-state index in [-0.39, 0.29) is 40.8 Å². The third-order valence-electron chi connectivity index (χ3n) is 4.92. The molecule has 1 aliphatic heterocycles. The first-order chi connectivity index (χ1) is 15.4. The van der Waals surface area contributed by atoms with E-state index in [0.29, 0.717) is 12.3 Å². The van der Waals surface area contributed by atoms with Gasteiger partial charge in [-0.25, -0.2) is 22.2 Å². The number of alkyl halides is 5. The van der Waals surface area contributed by atoms with Crippen LogP contribution in [0.1, 0.15) is 28.5 Å². The molecule has 3 aromatic heterocycles. The molecule has 8 nitrogen and oxygen atoms in total. The first-order valence-corrected chi connectivity index (χ1v) is 11.1. The molecular weight excluding hydrogens is 475 g/mol. The van der Waals surface area contributed by atoms with Gasteiger partial charge in [0.2, 0.25) is 0 Å². The van der Waals surface area contributed by atoms with Gasteiger partial charge in [-0.15, -0.1) is 0 Å². The minimum atomic E-state index is -4.72. The Morgan fingerprint density at radius 1 is 1.24 bits per heavy atom. The summed E-state index contributed by atoms with van der Waals surface area (Å²) in [6.45, 7) is 0.139. The number of hydrogen-bond acceptors (Lipinski definition) is 6. The maximum absolute atomic E-state index is 13.0. The van der Waals surface area contributed by atoms with E-state index in [9.17, 15) is 35.2 Å². The van der Waals surface area contributed by atoms with Crippen molar-refractivity contribution in [2.45, 2.75) is 31.1 Å². The summed E-state index contributed by atoms with van der Waals surface area (Å²) in [7, 11) is -4.04. The molecule has 0 bridgehead atoms. The van der Waals surface area contributed by atoms with Crippen molar-refractivity contribution in [2.24, 2.45) is 0 Å². The number of hydrogen-bond donors (Lipinski definition) is 0. The van der Waals surface area contributed by atoms with Gasteiger partial charge in [-0.2, -0.15) is 13.2 Å². The van der Waals surface area contributed by atoms with Crippen LogP contribution >= 0.6 is 0 Å². The molecule has 0 aliphatic carbocycles. The largest absolute Gasteiger partial charge is 0.486 e. The molecule has 3 aromatic rings. The number of fused-ring (bicyclic) bond motifs is 2. The average molecular weight is 490 g/mol. The van der Waals surface area contributed by atoms with Gasteiger partial charge in [0.25, 0.3) is 12.3 Å². The lowest BCUT2D eigenvalue weighted by molar-refractivity contribution is -0.137. The van der Waals surface area contributed by atoms with Gasteiger partial charge in [-0.3, -0.25) is 19.1 Å². The van der Waals surface area contributed by atoms with E-state index in [1.807, 2.05) is 0 Å². The second kappa shape index (κ2) is 7.93. The van der Waals surface area contributed by atoms with Crippen molar-refractivity contribution in [3.05, 3.63) is 47.4 Å². The third-order valence-corrected chi connectivity index (χ3v) is 6.65. The van der Waals surface area contributed by atoms with Gasteiger partial charge < -0.3 is 4.74 Å². The van der Waals surface area contributed by atoms with Crippen molar-refractivity contribution in [3.63, 3.8) is 0 Å². The van der Waals surface area contributed by atoms with Crippen molar-refractivity contribution in [2.75, 3.05) is 17.3 Å². The van der Waals surface area contributed by atoms with Crippen LogP contribution in [0.2, 0.25) is 0 Å². The number of carbonyl (C=O) groups is 1. The number of ether oxygens (including phenoxy) is 1. The number of pyridine rings is 2. The Morgan fingerprint density at radius 2 is 1.97 bits per heavy atom. The Morgan fingerprint density at radius 3 is 2.61 bits per heavy atom. The number of imidazole rings is 1. The third kappa shape index (κ3) is 4.10. The van der Waals surface area contributed by atoms with Crippen LogP contribution in [0.3, 0.4) is 0 Å². The van der Waals surface area contributed by atoms with Crippen LogP contribution in [0.5, 0.6) is 5.75 Å². The molecule has 14 heteroatoms. The monoisotopic (exact) mass is 490 g/mol. The number of nitrogens with zero attached hydrogens (tertiary/aromatic N) is 4. The lowest BCUT2D eigenvalue weighted by Gasteiger charge is -2.14. The Bertz CT molecular complexity index is 1350. The van der Waals surface area contributed by atoms with Crippen LogP contribution < -0.4 is 9.64 Å². The zero-order valence-electron chi connectivity index (χ0n) is 16.8. The van der Waals surface area contributed by atoms with Crippen LogP contribution in [0.15, 0.2) is 35.6 Å². The van der Waals surface area contributed by atoms with Crippen LogP contribution in [0, 0.1) is 0 Å². The average Bonchev–Trinajstić information content (AvgIpc) is 3.29. The highest BCUT2D eigenvalue weighted by Gasteiger charge is 2.39. The SMILES string of the molecule is CCS(=O)(=O)c1c(N2Cc3ncc(C(F)(F)F)cc3C2=O)nc2ccc(OCC(F)F)cn12. The van der Waals surface area contributed by atoms with Gasteiger partial charge in [-0.05, 0) is 18.2 Å². The number of anilines is 1. The zero-order chi connectivity index (χ0) is 24.1. The second-order valence-corrected chi connectivity index (χ2v) is 9.24. The summed E-state index contributed by atoms with van der Waals surface area (Å²) in [5, 5.41) is -0.417. The van der Waals surface area contributed by atoms with E-state index in [0.717, 1.165) is 15.5 Å². The molecule has 0 unspecified atom stereocenters. The van der Waals surface area contributed by atoms with Crippen molar-refractivity contribution in [1.82, 2.24) is 14.4 Å². The molecule has 176 valence electrons. The minimum Gasteiger partial charge on any atom is -0.486 e. The van der Waals surface area contributed by atoms with Crippen molar-refractivity contribution >= 4 is 27.2 Å². The van der Waals surface area contributed by atoms with Crippen molar-refractivity contribution < 1.29 is 39.9 Å². The second-order valence-electron chi connectivity index (χ2n) is 7.05. The summed E-state index contributed by atoms with van der Waals surface area (Å²) in [6.07, 6.45) is -5.74. The quantitative estimate of drug-likeness (QED) is 0.492. The van der Waals surface area contributed by atoms with E-state index < -0.39 is 45.5 Å². The van der Waals surface area contributed by atoms with Crippen LogP contribution in [0.4, 0.5) is 27.8 Å². The smallest absolute Gasteiger partial charge is 0.417 e. The predicted molar refractivity (Wildman–Crippen MR) is 104 cm³/mol. The van der Waals surface area contributed by atoms with Crippen LogP contribution in [-0.2, 0) is 22.6 Å². The molecule has 0 saturated heterocycles. The van der Waals surface area contributed by atoms with E-state index in [1.165, 1.54) is 19.1 Å². The fourth-order valence-corrected chi connectivity index (χ4v) is 4.49. The maximum Gasteiger partial charge on any atom is 0.417 e. The molecule has 0 spiro atoms. The topological polar surface area (TPSA) is 93.9 Å². The molecule has 1 amide bonds. The highest BCUT2D eigenvalue weighted by molar-refractivity contribution is 7.91. The summed E-state index contributed by atoms with van der Waals surface area (Å²) in [4.78, 5) is 21.8. The Balaban J connectivity index is 1.83. The first-order valence-electron chi connectivity index (χ1n) is 9.46. The standard InChI is InChI=1S/C19H15F5N4O4S/c1-2-33(30,31)18-16(26-15-4-3-11(7-27(15)18)32-9-14(20)21)28-8-13-12(17(28)29)5-10(6-25-13)19(22,23)24/h3-7,14H,2,8-9H2,1H3. The number of halogens is 5. The highest BCUT2D eigenvalue weighted by Crippen LogP contribution is 2.36. The van der Waals surface area contributed by atoms with Gasteiger partial charge in [-0.1, -0.05) is 6.92 Å². The Kier molecular flexibility index (Phi) is 5.50. The molecule has 0 aromatic carbocycles. The number of aromatic nitrogens is 3. The summed E-state index contributed by atoms with van der Waals surface area (Å²) in [5.41, 5.74) is -1.34. The number of carbonyl (C=O) groups excluding carboxylic acids is 1. The first kappa shape index (κ1) is 22.9. The van der Waals surface area contributed by atoms with Crippen LogP contribution in [0.25, 0.3) is 5.65 Å². The van der Waals surface area contributed by atoms with E-state index in [2.05, 4.69) is 9.97 Å². The molecule has 0 fully saturated rings. The summed E-state index contributed by atoms with van der Waals surface area (Å²) in [6, 6.07) is 3.27. The Hall–Kier alpha value is -3.29. The zero-order valence-corrected chi connectivity index (χ0v) is 17.6. The summed E-state index contributed by atoms with van der Waals surface area (Å²) >= 11 is 0. The summed E-state index contributed by atoms with van der Waals surface area (Å²) in [5.74, 6) is -1.65.